The Hall–Kier alpha value is -2.08. The Morgan fingerprint density at radius 2 is 1.90 bits per heavy atom. The Kier molecular flexibility index (Phi) is 5.16. The maximum atomic E-state index is 12.0. The first-order chi connectivity index (χ1) is 10.1. The molecule has 0 radical (unpaired) electrons. The Labute approximate surface area is 123 Å². The van der Waals surface area contributed by atoms with Gasteiger partial charge in [-0.2, -0.15) is 0 Å². The summed E-state index contributed by atoms with van der Waals surface area (Å²) >= 11 is 0. The molecule has 1 unspecified atom stereocenters. The highest BCUT2D eigenvalue weighted by atomic mass is 16.4. The number of aliphatic carboxylic acids is 1. The number of nitrogens with zero attached hydrogens (tertiary/aromatic N) is 1. The normalized spacial score (nSPS) is 17.3. The number of piperidine rings is 1. The number of amides is 2. The molecule has 2 amide bonds. The third-order valence-corrected chi connectivity index (χ3v) is 3.78. The van der Waals surface area contributed by atoms with E-state index in [1.807, 2.05) is 6.07 Å². The smallest absolute Gasteiger partial charge is 0.317 e. The predicted octanol–water partition coefficient (Wildman–Crippen LogP) is 0.988. The summed E-state index contributed by atoms with van der Waals surface area (Å²) in [6, 6.07) is 8.86. The predicted molar refractivity (Wildman–Crippen MR) is 79.0 cm³/mol. The first-order valence-corrected chi connectivity index (χ1v) is 7.14. The van der Waals surface area contributed by atoms with Gasteiger partial charge in [-0.1, -0.05) is 30.3 Å². The van der Waals surface area contributed by atoms with E-state index in [0.29, 0.717) is 18.7 Å². The topological polar surface area (TPSA) is 95.7 Å². The van der Waals surface area contributed by atoms with E-state index in [-0.39, 0.29) is 18.6 Å². The van der Waals surface area contributed by atoms with E-state index < -0.39 is 11.9 Å². The first-order valence-electron chi connectivity index (χ1n) is 7.14. The van der Waals surface area contributed by atoms with Crippen LogP contribution in [0.2, 0.25) is 0 Å². The van der Waals surface area contributed by atoms with Gasteiger partial charge in [-0.15, -0.1) is 0 Å². The lowest BCUT2D eigenvalue weighted by atomic mass is 9.99. The van der Waals surface area contributed by atoms with Crippen molar-refractivity contribution >= 4 is 12.0 Å². The summed E-state index contributed by atoms with van der Waals surface area (Å²) in [5.41, 5.74) is 6.49. The number of nitrogens with one attached hydrogen (secondary N) is 1. The molecule has 1 aliphatic rings. The van der Waals surface area contributed by atoms with Crippen molar-refractivity contribution in [2.75, 3.05) is 19.6 Å². The van der Waals surface area contributed by atoms with Crippen molar-refractivity contribution in [1.29, 1.82) is 0 Å². The highest BCUT2D eigenvalue weighted by Crippen LogP contribution is 2.15. The minimum Gasteiger partial charge on any atom is -0.481 e. The van der Waals surface area contributed by atoms with Crippen LogP contribution in [0.15, 0.2) is 30.3 Å². The minimum atomic E-state index is -0.942. The summed E-state index contributed by atoms with van der Waals surface area (Å²) in [5.74, 6) is -1.68. The molecule has 1 aromatic carbocycles. The third kappa shape index (κ3) is 4.19. The maximum absolute atomic E-state index is 12.0. The fraction of sp³-hybridized carbons (Fsp3) is 0.467. The number of rotatable bonds is 4. The summed E-state index contributed by atoms with van der Waals surface area (Å²) in [5, 5.41) is 12.0. The molecule has 21 heavy (non-hydrogen) atoms. The molecule has 1 fully saturated rings. The number of urea groups is 1. The summed E-state index contributed by atoms with van der Waals surface area (Å²) in [6.45, 7) is 1.33. The molecule has 0 bridgehead atoms. The zero-order valence-corrected chi connectivity index (χ0v) is 11.9. The molecule has 0 aliphatic carbocycles. The van der Waals surface area contributed by atoms with Crippen LogP contribution in [0.3, 0.4) is 0 Å². The summed E-state index contributed by atoms with van der Waals surface area (Å²) < 4.78 is 0. The standard InChI is InChI=1S/C15H21N3O3/c16-12-6-8-18(9-7-12)15(21)17-10-13(14(19)20)11-4-2-1-3-5-11/h1-5,12-13H,6-10,16H2,(H,17,21)(H,19,20). The largest absolute Gasteiger partial charge is 0.481 e. The van der Waals surface area contributed by atoms with Crippen LogP contribution in [0.1, 0.15) is 24.3 Å². The highest BCUT2D eigenvalue weighted by molar-refractivity contribution is 5.79. The molecule has 114 valence electrons. The maximum Gasteiger partial charge on any atom is 0.317 e. The number of nitrogens with two attached hydrogens (primary N) is 1. The zero-order valence-electron chi connectivity index (χ0n) is 11.9. The Bertz CT molecular complexity index is 484. The Morgan fingerprint density at radius 3 is 2.48 bits per heavy atom. The summed E-state index contributed by atoms with van der Waals surface area (Å²) in [7, 11) is 0. The molecule has 0 spiro atoms. The van der Waals surface area contributed by atoms with Crippen molar-refractivity contribution in [2.24, 2.45) is 5.73 Å². The van der Waals surface area contributed by atoms with Crippen molar-refractivity contribution in [3.05, 3.63) is 35.9 Å². The summed E-state index contributed by atoms with van der Waals surface area (Å²) in [6.07, 6.45) is 1.57. The number of benzene rings is 1. The lowest BCUT2D eigenvalue weighted by Crippen LogP contribution is -2.48. The van der Waals surface area contributed by atoms with Crippen LogP contribution in [-0.4, -0.2) is 47.7 Å². The van der Waals surface area contributed by atoms with E-state index >= 15 is 0 Å². The van der Waals surface area contributed by atoms with E-state index in [0.717, 1.165) is 12.8 Å². The molecule has 1 heterocycles. The van der Waals surface area contributed by atoms with Gasteiger partial charge in [0, 0.05) is 25.7 Å². The molecular weight excluding hydrogens is 270 g/mol. The molecule has 4 N–H and O–H groups in total. The third-order valence-electron chi connectivity index (χ3n) is 3.78. The van der Waals surface area contributed by atoms with Crippen LogP contribution in [0.25, 0.3) is 0 Å². The molecule has 2 rings (SSSR count). The fourth-order valence-electron chi connectivity index (χ4n) is 2.44. The molecule has 0 aromatic heterocycles. The average Bonchev–Trinajstić information content (AvgIpc) is 2.48. The number of carbonyl (C=O) groups excluding carboxylic acids is 1. The van der Waals surface area contributed by atoms with Gasteiger partial charge in [-0.3, -0.25) is 4.79 Å². The zero-order chi connectivity index (χ0) is 15.2. The van der Waals surface area contributed by atoms with E-state index in [2.05, 4.69) is 5.32 Å². The second kappa shape index (κ2) is 7.08. The number of carbonyl (C=O) groups is 2. The lowest BCUT2D eigenvalue weighted by Gasteiger charge is -2.30. The highest BCUT2D eigenvalue weighted by Gasteiger charge is 2.24. The number of carboxylic acids is 1. The van der Waals surface area contributed by atoms with Crippen LogP contribution in [0, 0.1) is 0 Å². The molecule has 1 atom stereocenters. The first kappa shape index (κ1) is 15.3. The lowest BCUT2D eigenvalue weighted by molar-refractivity contribution is -0.138. The van der Waals surface area contributed by atoms with E-state index in [1.165, 1.54) is 0 Å². The molecular formula is C15H21N3O3. The molecule has 6 heteroatoms. The number of hydrogen-bond acceptors (Lipinski definition) is 3. The van der Waals surface area contributed by atoms with Gasteiger partial charge in [0.2, 0.25) is 0 Å². The van der Waals surface area contributed by atoms with Crippen molar-refractivity contribution < 1.29 is 14.7 Å². The molecule has 6 nitrogen and oxygen atoms in total. The Morgan fingerprint density at radius 1 is 1.29 bits per heavy atom. The molecule has 1 saturated heterocycles. The molecule has 1 aromatic rings. The Balaban J connectivity index is 1.90. The molecule has 0 saturated carbocycles. The number of likely N-dealkylation sites (tertiary alicyclic amines) is 1. The average molecular weight is 291 g/mol. The van der Waals surface area contributed by atoms with Crippen LogP contribution in [-0.2, 0) is 4.79 Å². The van der Waals surface area contributed by atoms with Gasteiger partial charge < -0.3 is 21.1 Å². The van der Waals surface area contributed by atoms with Gasteiger partial charge in [-0.05, 0) is 18.4 Å². The minimum absolute atomic E-state index is 0.0841. The van der Waals surface area contributed by atoms with Gasteiger partial charge in [0.25, 0.3) is 0 Å². The van der Waals surface area contributed by atoms with E-state index in [4.69, 9.17) is 5.73 Å². The second-order valence-corrected chi connectivity index (χ2v) is 5.31. The van der Waals surface area contributed by atoms with Gasteiger partial charge in [0.05, 0.1) is 5.92 Å². The van der Waals surface area contributed by atoms with E-state index in [9.17, 15) is 14.7 Å². The summed E-state index contributed by atoms with van der Waals surface area (Å²) in [4.78, 5) is 25.1. The van der Waals surface area contributed by atoms with Crippen LogP contribution in [0.5, 0.6) is 0 Å². The van der Waals surface area contributed by atoms with Crippen LogP contribution in [0.4, 0.5) is 4.79 Å². The van der Waals surface area contributed by atoms with Gasteiger partial charge in [0.1, 0.15) is 0 Å². The van der Waals surface area contributed by atoms with Crippen LogP contribution >= 0.6 is 0 Å². The van der Waals surface area contributed by atoms with Gasteiger partial charge in [-0.25, -0.2) is 4.79 Å². The number of carboxylic acid groups (broad SMARTS) is 1. The molecule has 1 aliphatic heterocycles. The second-order valence-electron chi connectivity index (χ2n) is 5.31. The monoisotopic (exact) mass is 291 g/mol. The quantitative estimate of drug-likeness (QED) is 0.770. The van der Waals surface area contributed by atoms with Gasteiger partial charge in [0.15, 0.2) is 0 Å². The van der Waals surface area contributed by atoms with Crippen LogP contribution < -0.4 is 11.1 Å². The van der Waals surface area contributed by atoms with Gasteiger partial charge >= 0.3 is 12.0 Å². The van der Waals surface area contributed by atoms with Crippen molar-refractivity contribution in [2.45, 2.75) is 24.8 Å². The SMILES string of the molecule is NC1CCN(C(=O)NCC(C(=O)O)c2ccccc2)CC1. The van der Waals surface area contributed by atoms with Crippen molar-refractivity contribution in [3.8, 4) is 0 Å². The fourth-order valence-corrected chi connectivity index (χ4v) is 2.44. The number of hydrogen-bond donors (Lipinski definition) is 3. The van der Waals surface area contributed by atoms with Crippen molar-refractivity contribution in [1.82, 2.24) is 10.2 Å². The van der Waals surface area contributed by atoms with Crippen molar-refractivity contribution in [3.63, 3.8) is 0 Å². The van der Waals surface area contributed by atoms with E-state index in [1.54, 1.807) is 29.2 Å².